The molecule has 0 saturated heterocycles. The number of nitriles is 1. The van der Waals surface area contributed by atoms with Crippen molar-refractivity contribution in [2.45, 2.75) is 76.7 Å². The molecule has 2 aromatic rings. The fraction of sp³-hybridized carbons (Fsp3) is 0.536. The van der Waals surface area contributed by atoms with E-state index in [2.05, 4.69) is 55.1 Å². The van der Waals surface area contributed by atoms with Crippen LogP contribution in [0.5, 0.6) is 0 Å². The van der Waals surface area contributed by atoms with E-state index in [1.54, 1.807) is 0 Å². The van der Waals surface area contributed by atoms with Gasteiger partial charge < -0.3 is 4.90 Å². The lowest BCUT2D eigenvalue weighted by Gasteiger charge is -2.42. The molecule has 0 aliphatic heterocycles. The minimum Gasteiger partial charge on any atom is -0.300 e. The molecular formula is C28H36Cl2N2. The molecule has 2 atom stereocenters. The molecular weight excluding hydrogens is 435 g/mol. The van der Waals surface area contributed by atoms with Crippen molar-refractivity contribution in [1.82, 2.24) is 4.90 Å². The second-order valence-corrected chi connectivity index (χ2v) is 10.0. The van der Waals surface area contributed by atoms with Crippen LogP contribution in [0, 0.1) is 17.2 Å². The lowest BCUT2D eigenvalue weighted by molar-refractivity contribution is 0.148. The lowest BCUT2D eigenvalue weighted by Crippen LogP contribution is -2.42. The molecule has 1 fully saturated rings. The molecule has 1 saturated carbocycles. The Morgan fingerprint density at radius 1 is 1.06 bits per heavy atom. The Labute approximate surface area is 204 Å². The molecule has 1 aliphatic carbocycles. The first-order valence-corrected chi connectivity index (χ1v) is 12.9. The molecule has 172 valence electrons. The third-order valence-electron chi connectivity index (χ3n) is 7.34. The Hall–Kier alpha value is -1.53. The van der Waals surface area contributed by atoms with E-state index in [1.807, 2.05) is 18.2 Å². The van der Waals surface area contributed by atoms with Gasteiger partial charge in [-0.2, -0.15) is 5.26 Å². The van der Waals surface area contributed by atoms with Crippen LogP contribution < -0.4 is 0 Å². The highest BCUT2D eigenvalue weighted by atomic mass is 35.5. The summed E-state index contributed by atoms with van der Waals surface area (Å²) in [5, 5.41) is 11.6. The molecule has 2 nitrogen and oxygen atoms in total. The normalized spacial score (nSPS) is 16.9. The number of halogens is 2. The van der Waals surface area contributed by atoms with Crippen molar-refractivity contribution in [2.24, 2.45) is 5.92 Å². The number of benzene rings is 2. The van der Waals surface area contributed by atoms with Crippen LogP contribution in [0.2, 0.25) is 10.0 Å². The Morgan fingerprint density at radius 3 is 2.38 bits per heavy atom. The SMILES string of the molecule is CCCN(CCc1ccccc1)C(CC)CCC(C#N)(c1ccc(Cl)c(Cl)c1)C1CCC1. The van der Waals surface area contributed by atoms with Crippen molar-refractivity contribution in [3.05, 3.63) is 69.7 Å². The first-order chi connectivity index (χ1) is 15.5. The monoisotopic (exact) mass is 470 g/mol. The third kappa shape index (κ3) is 5.88. The van der Waals surface area contributed by atoms with Crippen LogP contribution in [-0.4, -0.2) is 24.0 Å². The molecule has 0 bridgehead atoms. The molecule has 3 rings (SSSR count). The van der Waals surface area contributed by atoms with Crippen molar-refractivity contribution in [3.63, 3.8) is 0 Å². The number of rotatable bonds is 12. The molecule has 0 heterocycles. The third-order valence-corrected chi connectivity index (χ3v) is 8.08. The van der Waals surface area contributed by atoms with Crippen LogP contribution in [0.4, 0.5) is 0 Å². The van der Waals surface area contributed by atoms with E-state index in [0.29, 0.717) is 22.0 Å². The maximum atomic E-state index is 10.5. The van der Waals surface area contributed by atoms with Crippen LogP contribution in [0.25, 0.3) is 0 Å². The largest absolute Gasteiger partial charge is 0.300 e. The maximum absolute atomic E-state index is 10.5. The van der Waals surface area contributed by atoms with Gasteiger partial charge in [-0.25, -0.2) is 0 Å². The maximum Gasteiger partial charge on any atom is 0.0851 e. The summed E-state index contributed by atoms with van der Waals surface area (Å²) < 4.78 is 0. The standard InChI is InChI=1S/C28H36Cl2N2/c1-3-18-32(19-16-22-9-6-5-7-10-22)25(4-2)15-17-28(21-31,23-11-8-12-23)24-13-14-26(29)27(30)20-24/h5-7,9-10,13-14,20,23,25H,3-4,8,11-12,15-19H2,1-2H3. The van der Waals surface area contributed by atoms with Crippen LogP contribution in [0.3, 0.4) is 0 Å². The van der Waals surface area contributed by atoms with Gasteiger partial charge >= 0.3 is 0 Å². The quantitative estimate of drug-likeness (QED) is 0.313. The predicted octanol–water partition coefficient (Wildman–Crippen LogP) is 8.07. The summed E-state index contributed by atoms with van der Waals surface area (Å²) in [6.45, 7) is 6.70. The Balaban J connectivity index is 1.77. The van der Waals surface area contributed by atoms with E-state index in [-0.39, 0.29) is 0 Å². The Bertz CT molecular complexity index is 888. The fourth-order valence-electron chi connectivity index (χ4n) is 5.19. The molecule has 0 N–H and O–H groups in total. The summed E-state index contributed by atoms with van der Waals surface area (Å²) in [5.41, 5.74) is 1.96. The van der Waals surface area contributed by atoms with E-state index in [4.69, 9.17) is 23.2 Å². The van der Waals surface area contributed by atoms with Gasteiger partial charge in [-0.15, -0.1) is 0 Å². The van der Waals surface area contributed by atoms with Crippen LogP contribution in [0.1, 0.15) is 69.9 Å². The molecule has 1 aliphatic rings. The van der Waals surface area contributed by atoms with E-state index < -0.39 is 5.41 Å². The zero-order chi connectivity index (χ0) is 23.0. The lowest BCUT2D eigenvalue weighted by atomic mass is 9.60. The number of hydrogen-bond acceptors (Lipinski definition) is 2. The molecule has 0 spiro atoms. The smallest absolute Gasteiger partial charge is 0.0851 e. The Morgan fingerprint density at radius 2 is 1.81 bits per heavy atom. The minimum atomic E-state index is -0.475. The fourth-order valence-corrected chi connectivity index (χ4v) is 5.49. The molecule has 4 heteroatoms. The van der Waals surface area contributed by atoms with E-state index in [9.17, 15) is 5.26 Å². The zero-order valence-corrected chi connectivity index (χ0v) is 21.0. The summed E-state index contributed by atoms with van der Waals surface area (Å²) in [6, 6.07) is 19.8. The van der Waals surface area contributed by atoms with Gasteiger partial charge in [0.15, 0.2) is 0 Å². The summed E-state index contributed by atoms with van der Waals surface area (Å²) in [6.07, 6.45) is 8.66. The number of hydrogen-bond donors (Lipinski definition) is 0. The number of nitrogens with zero attached hydrogens (tertiary/aromatic N) is 2. The van der Waals surface area contributed by atoms with Crippen LogP contribution in [0.15, 0.2) is 48.5 Å². The van der Waals surface area contributed by atoms with Gasteiger partial charge in [0.1, 0.15) is 0 Å². The van der Waals surface area contributed by atoms with Crippen molar-refractivity contribution < 1.29 is 0 Å². The van der Waals surface area contributed by atoms with Gasteiger partial charge in [-0.3, -0.25) is 0 Å². The topological polar surface area (TPSA) is 27.0 Å². The van der Waals surface area contributed by atoms with E-state index >= 15 is 0 Å². The minimum absolute atomic E-state index is 0.409. The van der Waals surface area contributed by atoms with Gasteiger partial charge in [-0.1, -0.05) is 79.9 Å². The van der Waals surface area contributed by atoms with Crippen molar-refractivity contribution in [2.75, 3.05) is 13.1 Å². The van der Waals surface area contributed by atoms with Crippen molar-refractivity contribution in [3.8, 4) is 6.07 Å². The van der Waals surface area contributed by atoms with Crippen molar-refractivity contribution in [1.29, 1.82) is 5.26 Å². The van der Waals surface area contributed by atoms with E-state index in [0.717, 1.165) is 63.6 Å². The summed E-state index contributed by atoms with van der Waals surface area (Å²) in [4.78, 5) is 2.64. The van der Waals surface area contributed by atoms with Gasteiger partial charge in [0.25, 0.3) is 0 Å². The summed E-state index contributed by atoms with van der Waals surface area (Å²) in [5.74, 6) is 0.409. The highest BCUT2D eigenvalue weighted by molar-refractivity contribution is 6.42. The molecule has 32 heavy (non-hydrogen) atoms. The van der Waals surface area contributed by atoms with E-state index in [1.165, 1.54) is 12.0 Å². The average molecular weight is 472 g/mol. The molecule has 0 aromatic heterocycles. The highest BCUT2D eigenvalue weighted by Crippen LogP contribution is 2.48. The summed E-state index contributed by atoms with van der Waals surface area (Å²) in [7, 11) is 0. The van der Waals surface area contributed by atoms with Crippen LogP contribution >= 0.6 is 23.2 Å². The zero-order valence-electron chi connectivity index (χ0n) is 19.5. The van der Waals surface area contributed by atoms with Crippen molar-refractivity contribution >= 4 is 23.2 Å². The molecule has 0 radical (unpaired) electrons. The molecule has 2 unspecified atom stereocenters. The first-order valence-electron chi connectivity index (χ1n) is 12.2. The van der Waals surface area contributed by atoms with Crippen LogP contribution in [-0.2, 0) is 11.8 Å². The van der Waals surface area contributed by atoms with Gasteiger partial charge in [0, 0.05) is 12.6 Å². The Kier molecular flexibility index (Phi) is 9.47. The van der Waals surface area contributed by atoms with Gasteiger partial charge in [0.2, 0.25) is 0 Å². The first kappa shape index (κ1) is 25.1. The molecule has 0 amide bonds. The van der Waals surface area contributed by atoms with Gasteiger partial charge in [0.05, 0.1) is 21.5 Å². The second kappa shape index (κ2) is 12.1. The second-order valence-electron chi connectivity index (χ2n) is 9.21. The summed E-state index contributed by atoms with van der Waals surface area (Å²) >= 11 is 12.6. The average Bonchev–Trinajstić information content (AvgIpc) is 2.78. The molecule has 2 aromatic carbocycles. The predicted molar refractivity (Wildman–Crippen MR) is 136 cm³/mol. The highest BCUT2D eigenvalue weighted by Gasteiger charge is 2.44. The van der Waals surface area contributed by atoms with Gasteiger partial charge in [-0.05, 0) is 80.7 Å².